The Morgan fingerprint density at radius 3 is 1.48 bits per heavy atom. The summed E-state index contributed by atoms with van der Waals surface area (Å²) in [7, 11) is -2.60. The van der Waals surface area contributed by atoms with Gasteiger partial charge >= 0.3 is 7.82 Å². The summed E-state index contributed by atoms with van der Waals surface area (Å²) in [6.45, 7) is 0. The zero-order chi connectivity index (χ0) is 18.9. The fourth-order valence-corrected chi connectivity index (χ4v) is 6.17. The summed E-state index contributed by atoms with van der Waals surface area (Å²) in [4.78, 5) is 9.10. The average molecular weight is 392 g/mol. The summed E-state index contributed by atoms with van der Waals surface area (Å²) in [6.07, 6.45) is 24.3. The molecule has 0 amide bonds. The molecule has 4 nitrogen and oxygen atoms in total. The highest BCUT2D eigenvalue weighted by Crippen LogP contribution is 2.50. The quantitative estimate of drug-likeness (QED) is 0.497. The second kappa shape index (κ2) is 8.37. The van der Waals surface area contributed by atoms with E-state index in [1.807, 2.05) is 0 Å². The van der Waals surface area contributed by atoms with Gasteiger partial charge in [0.1, 0.15) is 0 Å². The Bertz CT molecular complexity index is 603. The molecule has 6 aliphatic carbocycles. The number of hydrogen-bond acceptors (Lipinski definition) is 3. The van der Waals surface area contributed by atoms with Gasteiger partial charge in [-0.2, -0.15) is 0 Å². The Morgan fingerprint density at radius 2 is 1.22 bits per heavy atom. The molecule has 8 atom stereocenters. The van der Waals surface area contributed by atoms with Gasteiger partial charge in [-0.15, -0.1) is 0 Å². The molecule has 0 spiro atoms. The third-order valence-corrected chi connectivity index (χ3v) is 8.05. The van der Waals surface area contributed by atoms with Crippen molar-refractivity contribution in [2.24, 2.45) is 35.5 Å². The van der Waals surface area contributed by atoms with Crippen molar-refractivity contribution in [3.63, 3.8) is 0 Å². The lowest BCUT2D eigenvalue weighted by Crippen LogP contribution is -2.16. The third kappa shape index (κ3) is 5.03. The van der Waals surface area contributed by atoms with E-state index in [4.69, 9.17) is 9.42 Å². The molecular weight excluding hydrogens is 359 g/mol. The maximum absolute atomic E-state index is 11.1. The van der Waals surface area contributed by atoms with Gasteiger partial charge in [-0.1, -0.05) is 36.5 Å². The van der Waals surface area contributed by atoms with E-state index in [0.717, 1.165) is 36.5 Å². The number of allylic oxidation sites excluding steroid dienone is 5. The molecule has 6 rings (SSSR count). The molecule has 5 heteroatoms. The van der Waals surface area contributed by atoms with Crippen LogP contribution in [-0.2, 0) is 13.6 Å². The Hall–Kier alpha value is -0.670. The molecule has 6 bridgehead atoms. The Morgan fingerprint density at radius 1 is 0.741 bits per heavy atom. The predicted octanol–water partition coefficient (Wildman–Crippen LogP) is 5.66. The van der Waals surface area contributed by atoms with Crippen LogP contribution in [0.3, 0.4) is 0 Å². The fourth-order valence-electron chi connectivity index (χ4n) is 5.50. The molecule has 0 aromatic heterocycles. The highest BCUT2D eigenvalue weighted by molar-refractivity contribution is 7.47. The van der Waals surface area contributed by atoms with Crippen molar-refractivity contribution in [1.29, 1.82) is 0 Å². The van der Waals surface area contributed by atoms with E-state index in [0.29, 0.717) is 11.8 Å². The average Bonchev–Trinajstić information content (AvgIpc) is 3.51. The minimum Gasteiger partial charge on any atom is -0.302 e. The molecule has 0 aromatic rings. The Labute approximate surface area is 163 Å². The van der Waals surface area contributed by atoms with Crippen molar-refractivity contribution in [3.8, 4) is 0 Å². The summed E-state index contributed by atoms with van der Waals surface area (Å²) in [5, 5.41) is 0. The number of fused-ring (bicyclic) bond motifs is 6. The van der Waals surface area contributed by atoms with Crippen molar-refractivity contribution in [3.05, 3.63) is 36.5 Å². The van der Waals surface area contributed by atoms with E-state index < -0.39 is 7.82 Å². The molecule has 0 saturated heterocycles. The zero-order valence-electron chi connectivity index (χ0n) is 16.3. The van der Waals surface area contributed by atoms with Gasteiger partial charge in [0.25, 0.3) is 0 Å². The van der Waals surface area contributed by atoms with Gasteiger partial charge in [0.2, 0.25) is 0 Å². The largest absolute Gasteiger partial charge is 0.472 e. The molecule has 27 heavy (non-hydrogen) atoms. The van der Waals surface area contributed by atoms with Crippen molar-refractivity contribution < 1.29 is 18.5 Å². The van der Waals surface area contributed by atoms with Gasteiger partial charge in [-0.3, -0.25) is 9.05 Å². The first-order valence-electron chi connectivity index (χ1n) is 10.6. The van der Waals surface area contributed by atoms with Crippen LogP contribution in [0.4, 0.5) is 0 Å². The summed E-state index contributed by atoms with van der Waals surface area (Å²) in [6, 6.07) is 0. The summed E-state index contributed by atoms with van der Waals surface area (Å²) < 4.78 is 20.5. The van der Waals surface area contributed by atoms with E-state index >= 15 is 0 Å². The van der Waals surface area contributed by atoms with E-state index in [9.17, 15) is 4.57 Å². The van der Waals surface area contributed by atoms with Crippen LogP contribution in [0, 0.1) is 35.5 Å². The van der Waals surface area contributed by atoms with Crippen LogP contribution >= 0.6 is 7.82 Å². The molecule has 150 valence electrons. The zero-order valence-corrected chi connectivity index (χ0v) is 17.2. The van der Waals surface area contributed by atoms with Gasteiger partial charge in [0, 0.05) is 13.0 Å². The van der Waals surface area contributed by atoms with E-state index in [2.05, 4.69) is 41.0 Å². The second-order valence-electron chi connectivity index (χ2n) is 9.01. The molecule has 1 N–H and O–H groups in total. The number of phosphoric ester groups is 1. The topological polar surface area (TPSA) is 55.8 Å². The summed E-state index contributed by atoms with van der Waals surface area (Å²) >= 11 is 0. The van der Waals surface area contributed by atoms with Crippen LogP contribution in [0.25, 0.3) is 0 Å². The first kappa shape index (κ1) is 19.6. The van der Waals surface area contributed by atoms with Crippen LogP contribution in [0.15, 0.2) is 36.5 Å². The van der Waals surface area contributed by atoms with Crippen LogP contribution in [0.5, 0.6) is 0 Å². The molecule has 0 aliphatic heterocycles. The van der Waals surface area contributed by atoms with E-state index in [1.165, 1.54) is 45.6 Å². The lowest BCUT2D eigenvalue weighted by atomic mass is 10.1. The van der Waals surface area contributed by atoms with Gasteiger partial charge < -0.3 is 4.89 Å². The van der Waals surface area contributed by atoms with Crippen LogP contribution in [-0.4, -0.2) is 18.1 Å². The van der Waals surface area contributed by atoms with Gasteiger partial charge in [0.05, 0.1) is 6.10 Å². The molecule has 3 fully saturated rings. The van der Waals surface area contributed by atoms with Crippen LogP contribution in [0.1, 0.15) is 51.4 Å². The van der Waals surface area contributed by atoms with Crippen molar-refractivity contribution in [1.82, 2.24) is 0 Å². The number of rotatable bonds is 3. The molecule has 8 unspecified atom stereocenters. The van der Waals surface area contributed by atoms with Crippen molar-refractivity contribution in [2.45, 2.75) is 57.5 Å². The van der Waals surface area contributed by atoms with Gasteiger partial charge in [0.15, 0.2) is 0 Å². The highest BCUT2D eigenvalue weighted by Gasteiger charge is 2.40. The lowest BCUT2D eigenvalue weighted by Gasteiger charge is -2.20. The molecular formula is C22H33O4P. The molecule has 0 radical (unpaired) electrons. The van der Waals surface area contributed by atoms with Crippen molar-refractivity contribution >= 4 is 7.82 Å². The minimum atomic E-state index is -3.79. The number of hydrogen-bond donors (Lipinski definition) is 1. The predicted molar refractivity (Wildman–Crippen MR) is 107 cm³/mol. The smallest absolute Gasteiger partial charge is 0.302 e. The van der Waals surface area contributed by atoms with Crippen LogP contribution in [0.2, 0.25) is 0 Å². The number of phosphoric acid groups is 1. The fraction of sp³-hybridized carbons (Fsp3) is 0.727. The van der Waals surface area contributed by atoms with Gasteiger partial charge in [-0.25, -0.2) is 4.57 Å². The van der Waals surface area contributed by atoms with Crippen molar-refractivity contribution in [2.75, 3.05) is 7.11 Å². The Kier molecular flexibility index (Phi) is 6.09. The molecule has 0 aromatic carbocycles. The van der Waals surface area contributed by atoms with Gasteiger partial charge in [-0.05, 0) is 81.0 Å². The second-order valence-corrected chi connectivity index (χ2v) is 10.5. The van der Waals surface area contributed by atoms with E-state index in [-0.39, 0.29) is 6.10 Å². The molecule has 6 aliphatic rings. The standard InChI is InChI=1S/C8H13O4P.2C7H10/c1-11-13(9,10)12-8-5-6-2-3-7(8)4-6;2*1-2-7-4-3-6(1)5-7/h2-3,6-8H,4-5H2,1H3,(H,9,10);2*1-2,6-7H,3-5H2. The minimum absolute atomic E-state index is 0.134. The first-order chi connectivity index (χ1) is 13.0. The normalized spacial score (nSPS) is 43.4. The summed E-state index contributed by atoms with van der Waals surface area (Å²) in [5.41, 5.74) is 0. The maximum atomic E-state index is 11.1. The summed E-state index contributed by atoms with van der Waals surface area (Å²) in [5.74, 6) is 4.80. The molecule has 0 heterocycles. The first-order valence-corrected chi connectivity index (χ1v) is 12.1. The lowest BCUT2D eigenvalue weighted by molar-refractivity contribution is 0.103. The monoisotopic (exact) mass is 392 g/mol. The van der Waals surface area contributed by atoms with E-state index in [1.54, 1.807) is 0 Å². The van der Waals surface area contributed by atoms with Crippen LogP contribution < -0.4 is 0 Å². The Balaban J connectivity index is 0.000000108. The SMILES string of the molecule is C1=CC2CCC1C2.C1=CC2CCC1C2.COP(=O)(O)OC1CC2C=CC1C2. The third-order valence-electron chi connectivity index (χ3n) is 7.06. The maximum Gasteiger partial charge on any atom is 0.472 e. The molecule has 3 saturated carbocycles. The highest BCUT2D eigenvalue weighted by atomic mass is 31.2.